The Kier molecular flexibility index (Phi) is 5.29. The lowest BCUT2D eigenvalue weighted by Crippen LogP contribution is -2.30. The van der Waals surface area contributed by atoms with Crippen LogP contribution in [0, 0.1) is 0 Å². The van der Waals surface area contributed by atoms with E-state index in [2.05, 4.69) is 10.3 Å². The Bertz CT molecular complexity index is 995. The van der Waals surface area contributed by atoms with Gasteiger partial charge in [-0.1, -0.05) is 47.6 Å². The van der Waals surface area contributed by atoms with E-state index < -0.39 is 18.4 Å². The molecule has 132 valence electrons. The number of carbonyl (C=O) groups is 2. The molecule has 0 fully saturated rings. The van der Waals surface area contributed by atoms with Crippen LogP contribution in [-0.2, 0) is 4.79 Å². The van der Waals surface area contributed by atoms with E-state index in [0.717, 1.165) is 9.79 Å². The number of aliphatic carboxylic acids is 1. The van der Waals surface area contributed by atoms with Gasteiger partial charge in [0.05, 0.1) is 0 Å². The lowest BCUT2D eigenvalue weighted by molar-refractivity contribution is -0.135. The number of rotatable bonds is 5. The molecule has 6 nitrogen and oxygen atoms in total. The van der Waals surface area contributed by atoms with E-state index in [4.69, 9.17) is 16.7 Å². The summed E-state index contributed by atoms with van der Waals surface area (Å²) in [6, 6.07) is 15.0. The van der Waals surface area contributed by atoms with Gasteiger partial charge in [-0.25, -0.2) is 4.98 Å². The summed E-state index contributed by atoms with van der Waals surface area (Å²) in [5.74, 6) is -2.36. The van der Waals surface area contributed by atoms with Gasteiger partial charge < -0.3 is 15.5 Å². The minimum atomic E-state index is -1.20. The zero-order valence-corrected chi connectivity index (χ0v) is 14.8. The van der Waals surface area contributed by atoms with Gasteiger partial charge in [-0.15, -0.1) is 0 Å². The molecule has 1 heterocycles. The number of hydrogen-bond acceptors (Lipinski definition) is 5. The Morgan fingerprint density at radius 1 is 1.08 bits per heavy atom. The molecule has 1 aromatic heterocycles. The van der Waals surface area contributed by atoms with E-state index in [1.165, 1.54) is 11.8 Å². The van der Waals surface area contributed by atoms with E-state index in [-0.39, 0.29) is 16.6 Å². The van der Waals surface area contributed by atoms with Gasteiger partial charge in [0.1, 0.15) is 11.7 Å². The monoisotopic (exact) mass is 388 g/mol. The second-order valence-electron chi connectivity index (χ2n) is 5.30. The highest BCUT2D eigenvalue weighted by atomic mass is 35.5. The number of hydrogen-bond donors (Lipinski definition) is 3. The number of amides is 1. The Morgan fingerprint density at radius 2 is 1.81 bits per heavy atom. The van der Waals surface area contributed by atoms with Gasteiger partial charge in [-0.05, 0) is 24.3 Å². The smallest absolute Gasteiger partial charge is 0.322 e. The minimum absolute atomic E-state index is 0.0505. The maximum atomic E-state index is 12.1. The highest BCUT2D eigenvalue weighted by Crippen LogP contribution is 2.36. The van der Waals surface area contributed by atoms with E-state index >= 15 is 0 Å². The van der Waals surface area contributed by atoms with Crippen molar-refractivity contribution >= 4 is 46.0 Å². The zero-order chi connectivity index (χ0) is 18.7. The number of benzene rings is 2. The molecule has 0 saturated carbocycles. The van der Waals surface area contributed by atoms with Crippen molar-refractivity contribution in [1.82, 2.24) is 10.3 Å². The fourth-order valence-electron chi connectivity index (χ4n) is 2.32. The van der Waals surface area contributed by atoms with Crippen LogP contribution >= 0.6 is 23.4 Å². The third kappa shape index (κ3) is 3.89. The first kappa shape index (κ1) is 18.0. The maximum absolute atomic E-state index is 12.1. The third-order valence-corrected chi connectivity index (χ3v) is 4.78. The van der Waals surface area contributed by atoms with Gasteiger partial charge in [-0.3, -0.25) is 9.59 Å². The molecule has 2 aromatic carbocycles. The summed E-state index contributed by atoms with van der Waals surface area (Å²) in [5.41, 5.74) is -0.314. The number of fused-ring (bicyclic) bond motifs is 1. The fraction of sp³-hybridized carbons (Fsp3) is 0.0556. The third-order valence-electron chi connectivity index (χ3n) is 3.50. The molecule has 1 amide bonds. The first-order valence-corrected chi connectivity index (χ1v) is 8.70. The molecule has 0 aliphatic rings. The highest BCUT2D eigenvalue weighted by molar-refractivity contribution is 7.99. The molecule has 0 radical (unpaired) electrons. The molecule has 0 aliphatic heterocycles. The van der Waals surface area contributed by atoms with E-state index in [1.54, 1.807) is 12.1 Å². The van der Waals surface area contributed by atoms with Crippen molar-refractivity contribution in [3.8, 4) is 5.75 Å². The average Bonchev–Trinajstić information content (AvgIpc) is 2.63. The van der Waals surface area contributed by atoms with Gasteiger partial charge in [0.25, 0.3) is 5.91 Å². The van der Waals surface area contributed by atoms with Gasteiger partial charge >= 0.3 is 5.97 Å². The molecule has 3 rings (SSSR count). The molecular formula is C18H13ClN2O4S. The van der Waals surface area contributed by atoms with Crippen LogP contribution in [0.5, 0.6) is 5.75 Å². The Morgan fingerprint density at radius 3 is 2.50 bits per heavy atom. The normalized spacial score (nSPS) is 10.7. The second kappa shape index (κ2) is 7.63. The van der Waals surface area contributed by atoms with E-state index in [9.17, 15) is 14.7 Å². The van der Waals surface area contributed by atoms with Crippen LogP contribution in [-0.4, -0.2) is 33.6 Å². The standard InChI is InChI=1S/C18H13ClN2O4S/c19-17-12-7-6-11(26-10-4-2-1-3-5-10)8-13(12)16(24)15(21-17)18(25)20-9-14(22)23/h1-8,24H,9H2,(H,20,25)(H,22,23). The summed E-state index contributed by atoms with van der Waals surface area (Å²) < 4.78 is 0. The number of nitrogens with one attached hydrogen (secondary N) is 1. The predicted octanol–water partition coefficient (Wildman–Crippen LogP) is 3.56. The van der Waals surface area contributed by atoms with Crippen molar-refractivity contribution in [2.24, 2.45) is 0 Å². The van der Waals surface area contributed by atoms with Crippen LogP contribution in [0.4, 0.5) is 0 Å². The van der Waals surface area contributed by atoms with Crippen molar-refractivity contribution in [2.45, 2.75) is 9.79 Å². The number of aromatic hydroxyl groups is 1. The summed E-state index contributed by atoms with van der Waals surface area (Å²) in [7, 11) is 0. The van der Waals surface area contributed by atoms with Crippen molar-refractivity contribution < 1.29 is 19.8 Å². The van der Waals surface area contributed by atoms with Crippen molar-refractivity contribution in [3.63, 3.8) is 0 Å². The largest absolute Gasteiger partial charge is 0.505 e. The topological polar surface area (TPSA) is 99.5 Å². The molecule has 8 heteroatoms. The van der Waals surface area contributed by atoms with Crippen LogP contribution in [0.15, 0.2) is 58.3 Å². The van der Waals surface area contributed by atoms with Crippen molar-refractivity contribution in [1.29, 1.82) is 0 Å². The Balaban J connectivity index is 2.00. The molecule has 0 unspecified atom stereocenters. The number of halogens is 1. The number of carboxylic acids is 1. The molecular weight excluding hydrogens is 376 g/mol. The van der Waals surface area contributed by atoms with Crippen molar-refractivity contribution in [3.05, 3.63) is 59.4 Å². The second-order valence-corrected chi connectivity index (χ2v) is 6.80. The van der Waals surface area contributed by atoms with Crippen LogP contribution < -0.4 is 5.32 Å². The summed E-state index contributed by atoms with van der Waals surface area (Å²) >= 11 is 7.62. The SMILES string of the molecule is O=C(O)CNC(=O)c1nc(Cl)c2ccc(Sc3ccccc3)cc2c1O. The van der Waals surface area contributed by atoms with Crippen LogP contribution in [0.3, 0.4) is 0 Å². The quantitative estimate of drug-likeness (QED) is 0.578. The van der Waals surface area contributed by atoms with E-state index in [0.29, 0.717) is 10.8 Å². The lowest BCUT2D eigenvalue weighted by atomic mass is 10.1. The van der Waals surface area contributed by atoms with Crippen LogP contribution in [0.1, 0.15) is 10.5 Å². The minimum Gasteiger partial charge on any atom is -0.505 e. The molecule has 0 atom stereocenters. The van der Waals surface area contributed by atoms with Crippen LogP contribution in [0.2, 0.25) is 5.15 Å². The zero-order valence-electron chi connectivity index (χ0n) is 13.3. The molecule has 26 heavy (non-hydrogen) atoms. The Hall–Kier alpha value is -2.77. The summed E-state index contributed by atoms with van der Waals surface area (Å²) in [6.07, 6.45) is 0. The van der Waals surface area contributed by atoms with Gasteiger partial charge in [0.15, 0.2) is 11.4 Å². The number of nitrogens with zero attached hydrogens (tertiary/aromatic N) is 1. The van der Waals surface area contributed by atoms with E-state index in [1.807, 2.05) is 36.4 Å². The molecule has 3 aromatic rings. The summed E-state index contributed by atoms with van der Waals surface area (Å²) in [6.45, 7) is -0.584. The average molecular weight is 389 g/mol. The number of aromatic nitrogens is 1. The van der Waals surface area contributed by atoms with Gasteiger partial charge in [-0.2, -0.15) is 0 Å². The molecule has 3 N–H and O–H groups in total. The number of pyridine rings is 1. The number of carbonyl (C=O) groups excluding carboxylic acids is 1. The first-order chi connectivity index (χ1) is 12.5. The molecule has 0 aliphatic carbocycles. The van der Waals surface area contributed by atoms with Gasteiger partial charge in [0, 0.05) is 20.6 Å². The number of carboxylic acid groups (broad SMARTS) is 1. The molecule has 0 bridgehead atoms. The summed E-state index contributed by atoms with van der Waals surface area (Å²) in [5, 5.41) is 22.2. The first-order valence-electron chi connectivity index (χ1n) is 7.51. The highest BCUT2D eigenvalue weighted by Gasteiger charge is 2.19. The molecule has 0 saturated heterocycles. The maximum Gasteiger partial charge on any atom is 0.322 e. The van der Waals surface area contributed by atoms with Crippen molar-refractivity contribution in [2.75, 3.05) is 6.54 Å². The van der Waals surface area contributed by atoms with Gasteiger partial charge in [0.2, 0.25) is 0 Å². The predicted molar refractivity (Wildman–Crippen MR) is 99.0 cm³/mol. The lowest BCUT2D eigenvalue weighted by Gasteiger charge is -2.10. The molecule has 0 spiro atoms. The fourth-order valence-corrected chi connectivity index (χ4v) is 3.45. The van der Waals surface area contributed by atoms with Crippen LogP contribution in [0.25, 0.3) is 10.8 Å². The Labute approximate surface area is 157 Å². The summed E-state index contributed by atoms with van der Waals surface area (Å²) in [4.78, 5) is 28.4.